The Labute approximate surface area is 77.8 Å². The zero-order chi connectivity index (χ0) is 8.97. The van der Waals surface area contributed by atoms with Crippen molar-refractivity contribution in [3.05, 3.63) is 29.6 Å². The van der Waals surface area contributed by atoms with Gasteiger partial charge >= 0.3 is 0 Å². The zero-order valence-corrected chi connectivity index (χ0v) is 7.90. The number of hydrogen-bond donors (Lipinski definition) is 1. The molecule has 0 aliphatic carbocycles. The summed E-state index contributed by atoms with van der Waals surface area (Å²) < 4.78 is 0. The van der Waals surface area contributed by atoms with Crippen molar-refractivity contribution in [2.45, 2.75) is 19.8 Å². The maximum Gasteiger partial charge on any atom is 0.105 e. The lowest BCUT2D eigenvalue weighted by atomic mass is 10.1. The molecule has 2 N–H and O–H groups in total. The second-order valence-electron chi connectivity index (χ2n) is 2.65. The van der Waals surface area contributed by atoms with E-state index in [-0.39, 0.29) is 0 Å². The van der Waals surface area contributed by atoms with Crippen LogP contribution in [0.2, 0.25) is 0 Å². The summed E-state index contributed by atoms with van der Waals surface area (Å²) in [6.45, 7) is 2.13. The Hall–Kier alpha value is -0.960. The van der Waals surface area contributed by atoms with Gasteiger partial charge < -0.3 is 5.73 Å². The Morgan fingerprint density at radius 3 is 3.00 bits per heavy atom. The smallest absolute Gasteiger partial charge is 0.105 e. The SMILES string of the molecule is CCCc1ccncc1C(N)=S. The highest BCUT2D eigenvalue weighted by Crippen LogP contribution is 2.08. The van der Waals surface area contributed by atoms with Crippen molar-refractivity contribution in [2.24, 2.45) is 5.73 Å². The van der Waals surface area contributed by atoms with E-state index < -0.39 is 0 Å². The first-order valence-corrected chi connectivity index (χ1v) is 4.39. The molecule has 0 aromatic carbocycles. The van der Waals surface area contributed by atoms with E-state index in [0.717, 1.165) is 18.4 Å². The molecule has 0 fully saturated rings. The molecule has 0 unspecified atom stereocenters. The third-order valence-corrected chi connectivity index (χ3v) is 1.92. The van der Waals surface area contributed by atoms with Crippen LogP contribution in [-0.4, -0.2) is 9.97 Å². The Morgan fingerprint density at radius 1 is 1.67 bits per heavy atom. The molecule has 1 aromatic heterocycles. The first-order chi connectivity index (χ1) is 5.75. The summed E-state index contributed by atoms with van der Waals surface area (Å²) in [5.74, 6) is 0. The van der Waals surface area contributed by atoms with Gasteiger partial charge in [0.1, 0.15) is 4.99 Å². The van der Waals surface area contributed by atoms with Crippen LogP contribution in [0.25, 0.3) is 0 Å². The second-order valence-corrected chi connectivity index (χ2v) is 3.09. The topological polar surface area (TPSA) is 38.9 Å². The molecule has 0 saturated heterocycles. The van der Waals surface area contributed by atoms with Crippen molar-refractivity contribution in [1.29, 1.82) is 0 Å². The summed E-state index contributed by atoms with van der Waals surface area (Å²) in [6, 6.07) is 1.97. The highest BCUT2D eigenvalue weighted by Gasteiger charge is 2.02. The first kappa shape index (κ1) is 9.13. The standard InChI is InChI=1S/C9H12N2S/c1-2-3-7-4-5-11-6-8(7)9(10)12/h4-6H,2-3H2,1H3,(H2,10,12). The number of pyridine rings is 1. The van der Waals surface area contributed by atoms with E-state index in [1.54, 1.807) is 12.4 Å². The van der Waals surface area contributed by atoms with Crippen molar-refractivity contribution in [3.8, 4) is 0 Å². The number of thiocarbonyl (C=S) groups is 1. The third-order valence-electron chi connectivity index (χ3n) is 1.70. The van der Waals surface area contributed by atoms with Gasteiger partial charge in [0.05, 0.1) is 0 Å². The van der Waals surface area contributed by atoms with Gasteiger partial charge in [-0.25, -0.2) is 0 Å². The summed E-state index contributed by atoms with van der Waals surface area (Å²) in [5.41, 5.74) is 7.64. The third kappa shape index (κ3) is 2.01. The maximum absolute atomic E-state index is 5.54. The predicted molar refractivity (Wildman–Crippen MR) is 54.1 cm³/mol. The Kier molecular flexibility index (Phi) is 3.17. The van der Waals surface area contributed by atoms with Gasteiger partial charge in [-0.05, 0) is 18.1 Å². The lowest BCUT2D eigenvalue weighted by Gasteiger charge is -2.04. The highest BCUT2D eigenvalue weighted by molar-refractivity contribution is 7.80. The molecule has 3 heteroatoms. The minimum absolute atomic E-state index is 0.437. The van der Waals surface area contributed by atoms with E-state index in [4.69, 9.17) is 18.0 Å². The van der Waals surface area contributed by atoms with Crippen LogP contribution in [0.5, 0.6) is 0 Å². The normalized spacial score (nSPS) is 9.75. The molecule has 0 atom stereocenters. The predicted octanol–water partition coefficient (Wildman–Crippen LogP) is 1.67. The van der Waals surface area contributed by atoms with Crippen LogP contribution in [0.1, 0.15) is 24.5 Å². The Bertz CT molecular complexity index is 284. The molecule has 0 spiro atoms. The molecule has 2 nitrogen and oxygen atoms in total. The highest BCUT2D eigenvalue weighted by atomic mass is 32.1. The van der Waals surface area contributed by atoms with Crippen LogP contribution < -0.4 is 5.73 Å². The molecule has 0 aliphatic rings. The van der Waals surface area contributed by atoms with Gasteiger partial charge in [0, 0.05) is 18.0 Å². The van der Waals surface area contributed by atoms with Crippen molar-refractivity contribution < 1.29 is 0 Å². The summed E-state index contributed by atoms with van der Waals surface area (Å²) in [6.07, 6.45) is 5.61. The molecule has 64 valence electrons. The van der Waals surface area contributed by atoms with Gasteiger partial charge in [-0.3, -0.25) is 4.98 Å². The summed E-state index contributed by atoms with van der Waals surface area (Å²) in [4.78, 5) is 4.42. The second kappa shape index (κ2) is 4.16. The largest absolute Gasteiger partial charge is 0.389 e. The number of rotatable bonds is 3. The van der Waals surface area contributed by atoms with Crippen LogP contribution in [0.15, 0.2) is 18.5 Å². The van der Waals surface area contributed by atoms with Crippen LogP contribution in [-0.2, 0) is 6.42 Å². The average molecular weight is 180 g/mol. The molecule has 0 bridgehead atoms. The van der Waals surface area contributed by atoms with Gasteiger partial charge in [0.25, 0.3) is 0 Å². The van der Waals surface area contributed by atoms with Crippen molar-refractivity contribution in [2.75, 3.05) is 0 Å². The van der Waals surface area contributed by atoms with E-state index in [2.05, 4.69) is 11.9 Å². The lowest BCUT2D eigenvalue weighted by Crippen LogP contribution is -2.12. The zero-order valence-electron chi connectivity index (χ0n) is 7.08. The monoisotopic (exact) mass is 180 g/mol. The minimum atomic E-state index is 0.437. The van der Waals surface area contributed by atoms with Gasteiger partial charge in [0.2, 0.25) is 0 Å². The maximum atomic E-state index is 5.54. The number of aryl methyl sites for hydroxylation is 1. The van der Waals surface area contributed by atoms with Crippen LogP contribution in [0, 0.1) is 0 Å². The van der Waals surface area contributed by atoms with Crippen LogP contribution in [0.3, 0.4) is 0 Å². The van der Waals surface area contributed by atoms with Gasteiger partial charge in [-0.2, -0.15) is 0 Å². The molecule has 1 rings (SSSR count). The molecule has 1 aromatic rings. The number of aromatic nitrogens is 1. The molecule has 0 radical (unpaired) electrons. The molecule has 0 amide bonds. The Balaban J connectivity index is 3.00. The van der Waals surface area contributed by atoms with E-state index in [1.807, 2.05) is 6.07 Å². The lowest BCUT2D eigenvalue weighted by molar-refractivity contribution is 0.916. The van der Waals surface area contributed by atoms with Gasteiger partial charge in [-0.1, -0.05) is 25.6 Å². The molecule has 1 heterocycles. The first-order valence-electron chi connectivity index (χ1n) is 3.98. The van der Waals surface area contributed by atoms with E-state index in [0.29, 0.717) is 4.99 Å². The van der Waals surface area contributed by atoms with E-state index in [1.165, 1.54) is 5.56 Å². The fourth-order valence-electron chi connectivity index (χ4n) is 1.13. The van der Waals surface area contributed by atoms with Gasteiger partial charge in [0.15, 0.2) is 0 Å². The Morgan fingerprint density at radius 2 is 2.42 bits per heavy atom. The van der Waals surface area contributed by atoms with Crippen molar-refractivity contribution in [1.82, 2.24) is 4.98 Å². The summed E-state index contributed by atoms with van der Waals surface area (Å²) in [7, 11) is 0. The average Bonchev–Trinajstić information content (AvgIpc) is 2.05. The molecule has 0 aliphatic heterocycles. The van der Waals surface area contributed by atoms with Crippen molar-refractivity contribution in [3.63, 3.8) is 0 Å². The number of nitrogens with zero attached hydrogens (tertiary/aromatic N) is 1. The number of hydrogen-bond acceptors (Lipinski definition) is 2. The van der Waals surface area contributed by atoms with Crippen molar-refractivity contribution >= 4 is 17.2 Å². The van der Waals surface area contributed by atoms with Crippen LogP contribution in [0.4, 0.5) is 0 Å². The fourth-order valence-corrected chi connectivity index (χ4v) is 1.32. The minimum Gasteiger partial charge on any atom is -0.389 e. The quantitative estimate of drug-likeness (QED) is 0.719. The van der Waals surface area contributed by atoms with Gasteiger partial charge in [-0.15, -0.1) is 0 Å². The summed E-state index contributed by atoms with van der Waals surface area (Å²) in [5, 5.41) is 0. The molecule has 0 saturated carbocycles. The molecule has 12 heavy (non-hydrogen) atoms. The van der Waals surface area contributed by atoms with E-state index >= 15 is 0 Å². The van der Waals surface area contributed by atoms with E-state index in [9.17, 15) is 0 Å². The molecular weight excluding hydrogens is 168 g/mol. The van der Waals surface area contributed by atoms with Crippen LogP contribution >= 0.6 is 12.2 Å². The fraction of sp³-hybridized carbons (Fsp3) is 0.333. The summed E-state index contributed by atoms with van der Waals surface area (Å²) >= 11 is 4.90. The number of nitrogens with two attached hydrogens (primary N) is 1. The molecular formula is C9H12N2S.